The van der Waals surface area contributed by atoms with Gasteiger partial charge in [-0.25, -0.2) is 4.68 Å². The van der Waals surface area contributed by atoms with Gasteiger partial charge < -0.3 is 5.32 Å². The van der Waals surface area contributed by atoms with Crippen LogP contribution in [0.2, 0.25) is 0 Å². The highest BCUT2D eigenvalue weighted by Crippen LogP contribution is 2.41. The molecule has 1 atom stereocenters. The molecule has 0 saturated heterocycles. The van der Waals surface area contributed by atoms with Gasteiger partial charge in [-0.15, -0.1) is 0 Å². The van der Waals surface area contributed by atoms with Gasteiger partial charge in [0.25, 0.3) is 0 Å². The molecule has 1 aliphatic rings. The Balaban J connectivity index is 2.34. The molecule has 0 spiro atoms. The zero-order valence-electron chi connectivity index (χ0n) is 11.9. The van der Waals surface area contributed by atoms with E-state index >= 15 is 0 Å². The van der Waals surface area contributed by atoms with Crippen molar-refractivity contribution in [3.05, 3.63) is 10.2 Å². The lowest BCUT2D eigenvalue weighted by atomic mass is 9.84. The highest BCUT2D eigenvalue weighted by Gasteiger charge is 2.33. The van der Waals surface area contributed by atoms with Crippen LogP contribution >= 0.6 is 15.9 Å². The van der Waals surface area contributed by atoms with E-state index in [-0.39, 0.29) is 5.41 Å². The second-order valence-electron chi connectivity index (χ2n) is 6.25. The Hall–Kier alpha value is -0.510. The first-order chi connectivity index (χ1) is 8.45. The summed E-state index contributed by atoms with van der Waals surface area (Å²) in [5.74, 6) is 1.17. The normalized spacial score (nSPS) is 19.5. The molecule has 102 valence electrons. The third kappa shape index (κ3) is 2.58. The van der Waals surface area contributed by atoms with Gasteiger partial charge in [0.05, 0.1) is 16.2 Å². The maximum atomic E-state index is 4.84. The lowest BCUT2D eigenvalue weighted by molar-refractivity contribution is 0.209. The largest absolute Gasteiger partial charge is 0.369 e. The molecule has 1 unspecified atom stereocenters. The summed E-state index contributed by atoms with van der Waals surface area (Å²) < 4.78 is 3.38. The van der Waals surface area contributed by atoms with E-state index in [2.05, 4.69) is 53.6 Å². The van der Waals surface area contributed by atoms with Crippen molar-refractivity contribution in [2.24, 2.45) is 5.41 Å². The number of nitrogens with one attached hydrogen (secondary N) is 1. The van der Waals surface area contributed by atoms with Crippen molar-refractivity contribution in [1.29, 1.82) is 0 Å². The number of aryl methyl sites for hydroxylation is 1. The van der Waals surface area contributed by atoms with Gasteiger partial charge in [-0.05, 0) is 40.6 Å². The predicted molar refractivity (Wildman–Crippen MR) is 80.1 cm³/mol. The summed E-state index contributed by atoms with van der Waals surface area (Å²) in [6.45, 7) is 10.2. The molecule has 1 aromatic heterocycles. The number of fused-ring (bicyclic) bond motifs is 1. The summed E-state index contributed by atoms with van der Waals surface area (Å²) in [5.41, 5.74) is 1.46. The van der Waals surface area contributed by atoms with Crippen LogP contribution in [0.15, 0.2) is 4.47 Å². The lowest BCUT2D eigenvalue weighted by Gasteiger charge is -2.35. The number of nitrogens with zero attached hydrogens (tertiary/aromatic N) is 2. The van der Waals surface area contributed by atoms with Crippen LogP contribution in [0.1, 0.15) is 58.7 Å². The molecule has 18 heavy (non-hydrogen) atoms. The van der Waals surface area contributed by atoms with Gasteiger partial charge in [-0.3, -0.25) is 0 Å². The van der Waals surface area contributed by atoms with E-state index in [1.807, 2.05) is 0 Å². The summed E-state index contributed by atoms with van der Waals surface area (Å²) in [4.78, 5) is 0. The number of hydrogen-bond acceptors (Lipinski definition) is 2. The molecule has 0 fully saturated rings. The second-order valence-corrected chi connectivity index (χ2v) is 7.05. The fourth-order valence-electron chi connectivity index (χ4n) is 2.60. The summed E-state index contributed by atoms with van der Waals surface area (Å²) in [7, 11) is 0. The standard InChI is InChI=1S/C14H24BrN3/c1-5-6-7-10-12(15)13-16-9-8-11(14(2,3)4)18(13)17-10/h11,16H,5-9H2,1-4H3. The molecular weight excluding hydrogens is 290 g/mol. The molecule has 2 rings (SSSR count). The van der Waals surface area contributed by atoms with Gasteiger partial charge in [0.15, 0.2) is 0 Å². The quantitative estimate of drug-likeness (QED) is 0.896. The molecule has 1 aliphatic heterocycles. The average molecular weight is 314 g/mol. The third-order valence-corrected chi connectivity index (χ3v) is 4.52. The van der Waals surface area contributed by atoms with Crippen LogP contribution in [0.25, 0.3) is 0 Å². The van der Waals surface area contributed by atoms with Crippen LogP contribution in [0.3, 0.4) is 0 Å². The summed E-state index contributed by atoms with van der Waals surface area (Å²) in [6.07, 6.45) is 4.63. The van der Waals surface area contributed by atoms with Crippen molar-refractivity contribution in [2.45, 2.75) is 59.4 Å². The Morgan fingerprint density at radius 1 is 1.44 bits per heavy atom. The van der Waals surface area contributed by atoms with Gasteiger partial charge in [-0.1, -0.05) is 34.1 Å². The van der Waals surface area contributed by atoms with Crippen molar-refractivity contribution in [3.63, 3.8) is 0 Å². The molecule has 0 radical (unpaired) electrons. The molecule has 0 aromatic carbocycles. The Labute approximate surface area is 118 Å². The molecule has 1 N–H and O–H groups in total. The maximum Gasteiger partial charge on any atom is 0.139 e. The number of halogens is 1. The average Bonchev–Trinajstić information content (AvgIpc) is 2.62. The fraction of sp³-hybridized carbons (Fsp3) is 0.786. The molecule has 4 heteroatoms. The first-order valence-corrected chi connectivity index (χ1v) is 7.75. The number of unbranched alkanes of at least 4 members (excludes halogenated alkanes) is 1. The van der Waals surface area contributed by atoms with Crippen LogP contribution in [0, 0.1) is 5.41 Å². The molecule has 2 heterocycles. The van der Waals surface area contributed by atoms with Crippen molar-refractivity contribution < 1.29 is 0 Å². The summed E-state index contributed by atoms with van der Waals surface area (Å²) in [6, 6.07) is 0.487. The first-order valence-electron chi connectivity index (χ1n) is 6.96. The Kier molecular flexibility index (Phi) is 4.05. The molecule has 0 aliphatic carbocycles. The van der Waals surface area contributed by atoms with E-state index in [9.17, 15) is 0 Å². The van der Waals surface area contributed by atoms with Crippen LogP contribution in [0.4, 0.5) is 5.82 Å². The third-order valence-electron chi connectivity index (χ3n) is 3.69. The predicted octanol–water partition coefficient (Wildman–Crippen LogP) is 4.39. The monoisotopic (exact) mass is 313 g/mol. The Bertz CT molecular complexity index is 417. The van der Waals surface area contributed by atoms with Gasteiger partial charge >= 0.3 is 0 Å². The van der Waals surface area contributed by atoms with E-state index in [1.165, 1.54) is 28.8 Å². The van der Waals surface area contributed by atoms with Crippen molar-refractivity contribution >= 4 is 21.7 Å². The minimum Gasteiger partial charge on any atom is -0.369 e. The van der Waals surface area contributed by atoms with Gasteiger partial charge in [0, 0.05) is 6.54 Å². The maximum absolute atomic E-state index is 4.84. The van der Waals surface area contributed by atoms with E-state index < -0.39 is 0 Å². The van der Waals surface area contributed by atoms with Crippen molar-refractivity contribution in [1.82, 2.24) is 9.78 Å². The number of anilines is 1. The van der Waals surface area contributed by atoms with Crippen molar-refractivity contribution in [3.8, 4) is 0 Å². The Morgan fingerprint density at radius 2 is 2.17 bits per heavy atom. The summed E-state index contributed by atoms with van der Waals surface area (Å²) >= 11 is 3.72. The van der Waals surface area contributed by atoms with Crippen molar-refractivity contribution in [2.75, 3.05) is 11.9 Å². The number of aromatic nitrogens is 2. The van der Waals surface area contributed by atoms with Gasteiger partial charge in [0.1, 0.15) is 5.82 Å². The number of hydrogen-bond donors (Lipinski definition) is 1. The minimum absolute atomic E-state index is 0.254. The van der Waals surface area contributed by atoms with Crippen LogP contribution in [0.5, 0.6) is 0 Å². The van der Waals surface area contributed by atoms with E-state index in [0.717, 1.165) is 19.4 Å². The molecule has 1 aromatic rings. The van der Waals surface area contributed by atoms with Crippen LogP contribution in [-0.4, -0.2) is 16.3 Å². The van der Waals surface area contributed by atoms with Gasteiger partial charge in [-0.2, -0.15) is 5.10 Å². The molecule has 0 amide bonds. The fourth-order valence-corrected chi connectivity index (χ4v) is 3.20. The first kappa shape index (κ1) is 13.9. The summed E-state index contributed by atoms with van der Waals surface area (Å²) in [5, 5.41) is 8.33. The zero-order valence-corrected chi connectivity index (χ0v) is 13.5. The minimum atomic E-state index is 0.254. The molecule has 0 bridgehead atoms. The van der Waals surface area contributed by atoms with E-state index in [0.29, 0.717) is 6.04 Å². The number of rotatable bonds is 3. The zero-order chi connectivity index (χ0) is 13.3. The van der Waals surface area contributed by atoms with E-state index in [4.69, 9.17) is 5.10 Å². The molecule has 3 nitrogen and oxygen atoms in total. The molecular formula is C14H24BrN3. The smallest absolute Gasteiger partial charge is 0.139 e. The highest BCUT2D eigenvalue weighted by atomic mass is 79.9. The second kappa shape index (κ2) is 5.24. The van der Waals surface area contributed by atoms with Gasteiger partial charge in [0.2, 0.25) is 0 Å². The lowest BCUT2D eigenvalue weighted by Crippen LogP contribution is -2.32. The van der Waals surface area contributed by atoms with Crippen LogP contribution in [-0.2, 0) is 6.42 Å². The topological polar surface area (TPSA) is 29.9 Å². The van der Waals surface area contributed by atoms with E-state index in [1.54, 1.807) is 0 Å². The Morgan fingerprint density at radius 3 is 2.78 bits per heavy atom. The highest BCUT2D eigenvalue weighted by molar-refractivity contribution is 9.10. The van der Waals surface area contributed by atoms with Crippen LogP contribution < -0.4 is 5.32 Å². The molecule has 0 saturated carbocycles. The SMILES string of the molecule is CCCCc1nn2c(c1Br)NCCC2C(C)(C)C.